The molecule has 0 aliphatic carbocycles. The number of aromatic nitrogens is 1. The fourth-order valence-corrected chi connectivity index (χ4v) is 3.71. The summed E-state index contributed by atoms with van der Waals surface area (Å²) in [6.45, 7) is 3.17. The lowest BCUT2D eigenvalue weighted by atomic mass is 9.98. The molecule has 0 unspecified atom stereocenters. The maximum absolute atomic E-state index is 6.16. The monoisotopic (exact) mass is 342 g/mol. The van der Waals surface area contributed by atoms with E-state index < -0.39 is 0 Å². The van der Waals surface area contributed by atoms with Crippen molar-refractivity contribution in [1.82, 2.24) is 0 Å². The number of rotatable bonds is 4. The minimum Gasteiger partial charge on any atom is -0.399 e. The molecule has 0 saturated heterocycles. The van der Waals surface area contributed by atoms with Gasteiger partial charge in [0, 0.05) is 34.8 Å². The first kappa shape index (κ1) is 16.4. The number of hydrogen-bond donors (Lipinski definition) is 2. The Kier molecular flexibility index (Phi) is 4.21. The summed E-state index contributed by atoms with van der Waals surface area (Å²) in [6, 6.07) is 22.9. The quantitative estimate of drug-likeness (QED) is 0.314. The van der Waals surface area contributed by atoms with Gasteiger partial charge in [-0.15, -0.1) is 0 Å². The Labute approximate surface area is 153 Å². The van der Waals surface area contributed by atoms with Crippen LogP contribution in [0.15, 0.2) is 66.7 Å². The Morgan fingerprint density at radius 3 is 2.19 bits per heavy atom. The molecule has 0 aliphatic rings. The van der Waals surface area contributed by atoms with Crippen molar-refractivity contribution in [2.45, 2.75) is 26.3 Å². The van der Waals surface area contributed by atoms with Crippen molar-refractivity contribution in [1.29, 1.82) is 0 Å². The molecule has 1 aromatic heterocycles. The van der Waals surface area contributed by atoms with Crippen molar-refractivity contribution in [2.24, 2.45) is 0 Å². The second-order valence-electron chi connectivity index (χ2n) is 6.80. The average Bonchev–Trinajstić information content (AvgIpc) is 2.66. The van der Waals surface area contributed by atoms with Gasteiger partial charge in [0.15, 0.2) is 0 Å². The number of hydrogen-bond acceptors (Lipinski definition) is 2. The van der Waals surface area contributed by atoms with Crippen molar-refractivity contribution < 1.29 is 4.57 Å². The largest absolute Gasteiger partial charge is 0.399 e. The number of nitrogens with zero attached hydrogens (tertiary/aromatic N) is 1. The van der Waals surface area contributed by atoms with Crippen molar-refractivity contribution in [3.8, 4) is 11.3 Å². The van der Waals surface area contributed by atoms with Gasteiger partial charge < -0.3 is 11.5 Å². The summed E-state index contributed by atoms with van der Waals surface area (Å²) in [5.41, 5.74) is 17.5. The van der Waals surface area contributed by atoms with Crippen LogP contribution in [0, 0.1) is 0 Å². The Hall–Kier alpha value is -3.07. The zero-order valence-corrected chi connectivity index (χ0v) is 15.1. The molecule has 1 heterocycles. The van der Waals surface area contributed by atoms with Gasteiger partial charge in [0.05, 0.1) is 10.8 Å². The SMILES string of the molecule is CCCC[n+]1c(-c2ccccc2)c2cc(N)ccc2c2ccc(N)cc21. The van der Waals surface area contributed by atoms with Gasteiger partial charge in [-0.3, -0.25) is 0 Å². The molecule has 0 fully saturated rings. The minimum absolute atomic E-state index is 0.784. The number of pyridine rings is 1. The van der Waals surface area contributed by atoms with Gasteiger partial charge in [-0.2, -0.15) is 4.57 Å². The molecule has 3 heteroatoms. The van der Waals surface area contributed by atoms with E-state index in [9.17, 15) is 0 Å². The van der Waals surface area contributed by atoms with Gasteiger partial charge in [-0.05, 0) is 36.4 Å². The highest BCUT2D eigenvalue weighted by molar-refractivity contribution is 6.10. The second-order valence-corrected chi connectivity index (χ2v) is 6.80. The molecule has 0 atom stereocenters. The topological polar surface area (TPSA) is 55.9 Å². The molecule has 0 radical (unpaired) electrons. The van der Waals surface area contributed by atoms with Crippen LogP contribution in [0.25, 0.3) is 32.9 Å². The van der Waals surface area contributed by atoms with E-state index in [1.165, 1.54) is 32.9 Å². The number of fused-ring (bicyclic) bond motifs is 3. The first-order valence-corrected chi connectivity index (χ1v) is 9.18. The van der Waals surface area contributed by atoms with E-state index in [1.807, 2.05) is 12.1 Å². The number of anilines is 2. The van der Waals surface area contributed by atoms with Crippen LogP contribution in [-0.2, 0) is 6.54 Å². The molecule has 0 amide bonds. The van der Waals surface area contributed by atoms with Crippen LogP contribution >= 0.6 is 0 Å². The van der Waals surface area contributed by atoms with Crippen molar-refractivity contribution in [3.63, 3.8) is 0 Å². The Morgan fingerprint density at radius 2 is 1.46 bits per heavy atom. The van der Waals surface area contributed by atoms with E-state index in [-0.39, 0.29) is 0 Å². The molecule has 3 aromatic carbocycles. The molecule has 4 rings (SSSR count). The van der Waals surface area contributed by atoms with Crippen LogP contribution in [0.2, 0.25) is 0 Å². The van der Waals surface area contributed by atoms with Gasteiger partial charge in [0.1, 0.15) is 6.54 Å². The third-order valence-corrected chi connectivity index (χ3v) is 4.95. The number of nitrogen functional groups attached to an aromatic ring is 2. The number of benzene rings is 3. The molecule has 26 heavy (non-hydrogen) atoms. The van der Waals surface area contributed by atoms with Crippen LogP contribution < -0.4 is 16.0 Å². The number of nitrogens with two attached hydrogens (primary N) is 2. The summed E-state index contributed by atoms with van der Waals surface area (Å²) in [6.07, 6.45) is 2.25. The Bertz CT molecular complexity index is 1080. The maximum Gasteiger partial charge on any atom is 0.220 e. The van der Waals surface area contributed by atoms with Crippen LogP contribution in [-0.4, -0.2) is 0 Å². The van der Waals surface area contributed by atoms with E-state index in [0.717, 1.165) is 30.8 Å². The maximum atomic E-state index is 6.16. The van der Waals surface area contributed by atoms with Crippen LogP contribution in [0.1, 0.15) is 19.8 Å². The standard InChI is InChI=1S/C23H23N3/c1-2-3-13-26-22-15-18(25)10-12-20(22)19-11-9-17(24)14-21(19)23(26)16-7-5-4-6-8-16/h4-12,14-15,25H,2-3,13,24H2,1H3/p+1. The van der Waals surface area contributed by atoms with Gasteiger partial charge in [-0.1, -0.05) is 37.6 Å². The highest BCUT2D eigenvalue weighted by Crippen LogP contribution is 2.33. The molecule has 130 valence electrons. The minimum atomic E-state index is 0.784. The van der Waals surface area contributed by atoms with E-state index in [0.29, 0.717) is 0 Å². The second kappa shape index (κ2) is 6.68. The van der Waals surface area contributed by atoms with Gasteiger partial charge in [0.2, 0.25) is 11.2 Å². The molecule has 0 bridgehead atoms. The van der Waals surface area contributed by atoms with Crippen LogP contribution in [0.4, 0.5) is 11.4 Å². The third kappa shape index (κ3) is 2.76. The van der Waals surface area contributed by atoms with Gasteiger partial charge in [0.25, 0.3) is 0 Å². The van der Waals surface area contributed by atoms with Crippen molar-refractivity contribution in [3.05, 3.63) is 66.7 Å². The summed E-state index contributed by atoms with van der Waals surface area (Å²) < 4.78 is 2.41. The molecule has 4 N–H and O–H groups in total. The molecule has 0 saturated carbocycles. The van der Waals surface area contributed by atoms with E-state index >= 15 is 0 Å². The van der Waals surface area contributed by atoms with E-state index in [4.69, 9.17) is 11.5 Å². The number of unbranched alkanes of at least 4 members (excludes halogenated alkanes) is 1. The smallest absolute Gasteiger partial charge is 0.220 e. The fourth-order valence-electron chi connectivity index (χ4n) is 3.71. The first-order valence-electron chi connectivity index (χ1n) is 9.18. The van der Waals surface area contributed by atoms with Crippen LogP contribution in [0.3, 0.4) is 0 Å². The molecular weight excluding hydrogens is 318 g/mol. The predicted molar refractivity (Wildman–Crippen MR) is 111 cm³/mol. The third-order valence-electron chi connectivity index (χ3n) is 4.95. The van der Waals surface area contributed by atoms with Gasteiger partial charge >= 0.3 is 0 Å². The summed E-state index contributed by atoms with van der Waals surface area (Å²) in [7, 11) is 0. The lowest BCUT2D eigenvalue weighted by Crippen LogP contribution is -2.37. The molecular formula is C23H24N3+. The van der Waals surface area contributed by atoms with E-state index in [1.54, 1.807) is 0 Å². The molecule has 0 spiro atoms. The van der Waals surface area contributed by atoms with Crippen molar-refractivity contribution in [2.75, 3.05) is 11.5 Å². The Morgan fingerprint density at radius 1 is 0.769 bits per heavy atom. The lowest BCUT2D eigenvalue weighted by Gasteiger charge is -2.13. The molecule has 0 aliphatic heterocycles. The predicted octanol–water partition coefficient (Wildman–Crippen LogP) is 4.91. The highest BCUT2D eigenvalue weighted by atomic mass is 15.0. The van der Waals surface area contributed by atoms with E-state index in [2.05, 4.69) is 66.1 Å². The summed E-state index contributed by atoms with van der Waals surface area (Å²) in [5, 5.41) is 3.61. The zero-order chi connectivity index (χ0) is 18.1. The summed E-state index contributed by atoms with van der Waals surface area (Å²) >= 11 is 0. The fraction of sp³-hybridized carbons (Fsp3) is 0.174. The highest BCUT2D eigenvalue weighted by Gasteiger charge is 2.23. The molecule has 4 aromatic rings. The summed E-state index contributed by atoms with van der Waals surface area (Å²) in [4.78, 5) is 0. The lowest BCUT2D eigenvalue weighted by molar-refractivity contribution is -0.659. The first-order chi connectivity index (χ1) is 12.7. The normalized spacial score (nSPS) is 11.3. The average molecular weight is 342 g/mol. The van der Waals surface area contributed by atoms with Crippen molar-refractivity contribution >= 4 is 33.1 Å². The van der Waals surface area contributed by atoms with Gasteiger partial charge in [-0.25, -0.2) is 0 Å². The number of aryl methyl sites for hydroxylation is 1. The summed E-state index contributed by atoms with van der Waals surface area (Å²) in [5.74, 6) is 0. The molecule has 3 nitrogen and oxygen atoms in total. The zero-order valence-electron chi connectivity index (χ0n) is 15.1. The Balaban J connectivity index is 2.20. The van der Waals surface area contributed by atoms with Crippen LogP contribution in [0.5, 0.6) is 0 Å².